The molecule has 0 unspecified atom stereocenters. The molecular formula is C16H16N2O. The summed E-state index contributed by atoms with van der Waals surface area (Å²) in [5.74, 6) is 0. The maximum atomic E-state index is 9.35. The highest BCUT2D eigenvalue weighted by Gasteiger charge is 2.41. The zero-order valence-corrected chi connectivity index (χ0v) is 10.7. The van der Waals surface area contributed by atoms with Crippen molar-refractivity contribution in [2.24, 2.45) is 5.41 Å². The van der Waals surface area contributed by atoms with Crippen LogP contribution >= 0.6 is 0 Å². The molecule has 1 aliphatic rings. The van der Waals surface area contributed by atoms with E-state index in [1.807, 2.05) is 36.4 Å². The van der Waals surface area contributed by atoms with E-state index in [4.69, 9.17) is 5.26 Å². The van der Waals surface area contributed by atoms with Crippen molar-refractivity contribution in [3.8, 4) is 6.07 Å². The Bertz CT molecular complexity index is 653. The van der Waals surface area contributed by atoms with Gasteiger partial charge in [-0.15, -0.1) is 0 Å². The Morgan fingerprint density at radius 3 is 2.53 bits per heavy atom. The number of aliphatic hydroxyl groups is 1. The fourth-order valence-corrected chi connectivity index (χ4v) is 2.40. The van der Waals surface area contributed by atoms with Crippen LogP contribution in [-0.2, 0) is 0 Å². The standard InChI is InChI=1S/C16H16N2O/c17-9-12-5-6-15(14-4-2-1-3-13(12)14)18-10-16(11-19)7-8-16/h1-6,18-19H,7-8,10-11H2. The number of rotatable bonds is 4. The highest BCUT2D eigenvalue weighted by molar-refractivity contribution is 5.97. The van der Waals surface area contributed by atoms with E-state index in [1.54, 1.807) is 0 Å². The first kappa shape index (κ1) is 12.0. The lowest BCUT2D eigenvalue weighted by molar-refractivity contribution is 0.220. The van der Waals surface area contributed by atoms with Gasteiger partial charge in [-0.05, 0) is 25.0 Å². The second kappa shape index (κ2) is 4.56. The summed E-state index contributed by atoms with van der Waals surface area (Å²) < 4.78 is 0. The summed E-state index contributed by atoms with van der Waals surface area (Å²) in [5, 5.41) is 23.9. The predicted octanol–water partition coefficient (Wildman–Crippen LogP) is 2.90. The number of nitrogens with zero attached hydrogens (tertiary/aromatic N) is 1. The molecule has 2 aromatic carbocycles. The number of benzene rings is 2. The number of nitriles is 1. The Kier molecular flexibility index (Phi) is 2.88. The molecular weight excluding hydrogens is 236 g/mol. The van der Waals surface area contributed by atoms with Gasteiger partial charge in [0.15, 0.2) is 0 Å². The summed E-state index contributed by atoms with van der Waals surface area (Å²) in [6, 6.07) is 14.0. The highest BCUT2D eigenvalue weighted by Crippen LogP contribution is 2.45. The van der Waals surface area contributed by atoms with E-state index in [-0.39, 0.29) is 12.0 Å². The van der Waals surface area contributed by atoms with Crippen LogP contribution in [0, 0.1) is 16.7 Å². The summed E-state index contributed by atoms with van der Waals surface area (Å²) >= 11 is 0. The van der Waals surface area contributed by atoms with Gasteiger partial charge in [-0.25, -0.2) is 0 Å². The van der Waals surface area contributed by atoms with E-state index >= 15 is 0 Å². The van der Waals surface area contributed by atoms with Crippen molar-refractivity contribution < 1.29 is 5.11 Å². The Balaban J connectivity index is 1.94. The van der Waals surface area contributed by atoms with E-state index < -0.39 is 0 Å². The molecule has 19 heavy (non-hydrogen) atoms. The lowest BCUT2D eigenvalue weighted by Crippen LogP contribution is -2.19. The molecule has 3 nitrogen and oxygen atoms in total. The zero-order valence-electron chi connectivity index (χ0n) is 10.7. The SMILES string of the molecule is N#Cc1ccc(NCC2(CO)CC2)c2ccccc12. The van der Waals surface area contributed by atoms with Crippen molar-refractivity contribution in [3.63, 3.8) is 0 Å². The molecule has 0 aromatic heterocycles. The van der Waals surface area contributed by atoms with E-state index in [0.717, 1.165) is 35.8 Å². The molecule has 1 aliphatic carbocycles. The minimum absolute atomic E-state index is 0.0784. The van der Waals surface area contributed by atoms with Gasteiger partial charge in [0, 0.05) is 28.4 Å². The molecule has 96 valence electrons. The molecule has 0 radical (unpaired) electrons. The zero-order chi connectivity index (χ0) is 13.3. The van der Waals surface area contributed by atoms with Crippen molar-refractivity contribution in [2.45, 2.75) is 12.8 Å². The van der Waals surface area contributed by atoms with Crippen LogP contribution in [0.3, 0.4) is 0 Å². The van der Waals surface area contributed by atoms with Crippen LogP contribution in [0.15, 0.2) is 36.4 Å². The second-order valence-corrected chi connectivity index (χ2v) is 5.33. The lowest BCUT2D eigenvalue weighted by atomic mass is 10.0. The molecule has 2 aromatic rings. The second-order valence-electron chi connectivity index (χ2n) is 5.33. The minimum Gasteiger partial charge on any atom is -0.396 e. The third-order valence-electron chi connectivity index (χ3n) is 3.99. The van der Waals surface area contributed by atoms with Gasteiger partial charge in [0.25, 0.3) is 0 Å². The lowest BCUT2D eigenvalue weighted by Gasteiger charge is -2.15. The Hall–Kier alpha value is -2.05. The number of nitrogens with one attached hydrogen (secondary N) is 1. The monoisotopic (exact) mass is 252 g/mol. The normalized spacial score (nSPS) is 16.0. The van der Waals surface area contributed by atoms with Crippen LogP contribution in [0.25, 0.3) is 10.8 Å². The number of anilines is 1. The van der Waals surface area contributed by atoms with E-state index in [1.165, 1.54) is 0 Å². The number of fused-ring (bicyclic) bond motifs is 1. The molecule has 0 bridgehead atoms. The third kappa shape index (κ3) is 2.16. The van der Waals surface area contributed by atoms with Gasteiger partial charge in [-0.1, -0.05) is 24.3 Å². The molecule has 1 fully saturated rings. The molecule has 1 saturated carbocycles. The average molecular weight is 252 g/mol. The van der Waals surface area contributed by atoms with Gasteiger partial charge in [-0.3, -0.25) is 0 Å². The largest absolute Gasteiger partial charge is 0.396 e. The molecule has 0 atom stereocenters. The van der Waals surface area contributed by atoms with Crippen LogP contribution in [0.1, 0.15) is 18.4 Å². The van der Waals surface area contributed by atoms with Crippen LogP contribution in [-0.4, -0.2) is 18.3 Å². The maximum absolute atomic E-state index is 9.35. The Morgan fingerprint density at radius 1 is 1.16 bits per heavy atom. The van der Waals surface area contributed by atoms with Gasteiger partial charge >= 0.3 is 0 Å². The van der Waals surface area contributed by atoms with Gasteiger partial charge < -0.3 is 10.4 Å². The first-order valence-electron chi connectivity index (χ1n) is 6.55. The first-order valence-corrected chi connectivity index (χ1v) is 6.55. The van der Waals surface area contributed by atoms with E-state index in [9.17, 15) is 5.11 Å². The average Bonchev–Trinajstić information content (AvgIpc) is 3.25. The topological polar surface area (TPSA) is 56.0 Å². The summed E-state index contributed by atoms with van der Waals surface area (Å²) in [6.45, 7) is 1.04. The molecule has 0 saturated heterocycles. The maximum Gasteiger partial charge on any atom is 0.0998 e. The smallest absolute Gasteiger partial charge is 0.0998 e. The molecule has 0 spiro atoms. The van der Waals surface area contributed by atoms with Gasteiger partial charge in [-0.2, -0.15) is 5.26 Å². The molecule has 0 heterocycles. The van der Waals surface area contributed by atoms with Gasteiger partial charge in [0.1, 0.15) is 0 Å². The van der Waals surface area contributed by atoms with Crippen molar-refractivity contribution in [1.29, 1.82) is 5.26 Å². The Morgan fingerprint density at radius 2 is 1.89 bits per heavy atom. The Labute approximate surface area is 112 Å². The number of aliphatic hydroxyl groups excluding tert-OH is 1. The van der Waals surface area contributed by atoms with Crippen molar-refractivity contribution in [2.75, 3.05) is 18.5 Å². The van der Waals surface area contributed by atoms with E-state index in [2.05, 4.69) is 11.4 Å². The molecule has 3 rings (SSSR count). The number of hydrogen-bond acceptors (Lipinski definition) is 3. The summed E-state index contributed by atoms with van der Waals surface area (Å²) in [6.07, 6.45) is 2.18. The van der Waals surface area contributed by atoms with Crippen molar-refractivity contribution in [1.82, 2.24) is 0 Å². The molecule has 3 heteroatoms. The fraction of sp³-hybridized carbons (Fsp3) is 0.312. The molecule has 0 aliphatic heterocycles. The van der Waals surface area contributed by atoms with Crippen molar-refractivity contribution in [3.05, 3.63) is 42.0 Å². The number of hydrogen-bond donors (Lipinski definition) is 2. The highest BCUT2D eigenvalue weighted by atomic mass is 16.3. The molecule has 0 amide bonds. The summed E-state index contributed by atoms with van der Waals surface area (Å²) in [7, 11) is 0. The fourth-order valence-electron chi connectivity index (χ4n) is 2.40. The van der Waals surface area contributed by atoms with Gasteiger partial charge in [0.05, 0.1) is 18.2 Å². The summed E-state index contributed by atoms with van der Waals surface area (Å²) in [5.41, 5.74) is 1.81. The van der Waals surface area contributed by atoms with Crippen molar-refractivity contribution >= 4 is 16.5 Å². The first-order chi connectivity index (χ1) is 9.28. The van der Waals surface area contributed by atoms with E-state index in [0.29, 0.717) is 5.56 Å². The quantitative estimate of drug-likeness (QED) is 0.879. The predicted molar refractivity (Wildman–Crippen MR) is 75.9 cm³/mol. The van der Waals surface area contributed by atoms with Crippen LogP contribution in [0.4, 0.5) is 5.69 Å². The van der Waals surface area contributed by atoms with Gasteiger partial charge in [0.2, 0.25) is 0 Å². The minimum atomic E-state index is 0.0784. The van der Waals surface area contributed by atoms with Crippen LogP contribution < -0.4 is 5.32 Å². The summed E-state index contributed by atoms with van der Waals surface area (Å²) in [4.78, 5) is 0. The third-order valence-corrected chi connectivity index (χ3v) is 3.99. The van der Waals surface area contributed by atoms with Crippen LogP contribution in [0.2, 0.25) is 0 Å². The van der Waals surface area contributed by atoms with Crippen LogP contribution in [0.5, 0.6) is 0 Å². The molecule has 2 N–H and O–H groups in total.